The molecule has 0 fully saturated rings. The van der Waals surface area contributed by atoms with Gasteiger partial charge in [0.2, 0.25) is 0 Å². The number of esters is 1. The van der Waals surface area contributed by atoms with Crippen LogP contribution in [0, 0.1) is 6.92 Å². The molecule has 0 atom stereocenters. The molecular weight excluding hydrogens is 414 g/mol. The summed E-state index contributed by atoms with van der Waals surface area (Å²) in [5.74, 6) is -1.34. The molecule has 1 aliphatic rings. The molecule has 8 heteroatoms. The summed E-state index contributed by atoms with van der Waals surface area (Å²) in [6.07, 6.45) is 6.55. The number of ether oxygens (including phenoxy) is 1. The van der Waals surface area contributed by atoms with Crippen LogP contribution in [0.25, 0.3) is 0 Å². The minimum atomic E-state index is -0.728. The molecule has 1 aromatic carbocycles. The topological polar surface area (TPSA) is 98.2 Å². The van der Waals surface area contributed by atoms with Crippen molar-refractivity contribution in [3.05, 3.63) is 75.7 Å². The summed E-state index contributed by atoms with van der Waals surface area (Å²) in [6.45, 7) is 1.28. The van der Waals surface area contributed by atoms with Crippen LogP contribution in [-0.2, 0) is 22.4 Å². The standard InChI is InChI=1S/C23H21N3O4S/c1-14-11-25-17(12-24-14)23(29)30-13-19(27)26-22-20(16-9-5-6-10-18(16)31-22)21(28)15-7-3-2-4-8-15/h2-4,7-8,11-12H,5-6,9-10,13H2,1H3,(H,26,27). The van der Waals surface area contributed by atoms with Crippen molar-refractivity contribution in [2.24, 2.45) is 0 Å². The van der Waals surface area contributed by atoms with E-state index in [4.69, 9.17) is 4.74 Å². The molecule has 1 aliphatic carbocycles. The summed E-state index contributed by atoms with van der Waals surface area (Å²) >= 11 is 1.43. The van der Waals surface area contributed by atoms with Crippen LogP contribution in [0.1, 0.15) is 55.4 Å². The van der Waals surface area contributed by atoms with Gasteiger partial charge in [-0.2, -0.15) is 0 Å². The van der Waals surface area contributed by atoms with E-state index in [0.717, 1.165) is 36.1 Å². The zero-order valence-electron chi connectivity index (χ0n) is 17.0. The maximum absolute atomic E-state index is 13.2. The first-order chi connectivity index (χ1) is 15.0. The largest absolute Gasteiger partial charge is 0.451 e. The summed E-state index contributed by atoms with van der Waals surface area (Å²) < 4.78 is 5.06. The first kappa shape index (κ1) is 20.9. The number of ketones is 1. The fourth-order valence-electron chi connectivity index (χ4n) is 3.49. The average Bonchev–Trinajstić information content (AvgIpc) is 3.15. The smallest absolute Gasteiger partial charge is 0.359 e. The number of aromatic nitrogens is 2. The summed E-state index contributed by atoms with van der Waals surface area (Å²) in [4.78, 5) is 46.9. The third kappa shape index (κ3) is 4.69. The van der Waals surface area contributed by atoms with Crippen LogP contribution in [0.2, 0.25) is 0 Å². The molecule has 2 aromatic heterocycles. The summed E-state index contributed by atoms with van der Waals surface area (Å²) in [6, 6.07) is 9.03. The van der Waals surface area contributed by atoms with Gasteiger partial charge in [-0.05, 0) is 38.2 Å². The molecule has 3 aromatic rings. The van der Waals surface area contributed by atoms with Gasteiger partial charge in [-0.25, -0.2) is 9.78 Å². The van der Waals surface area contributed by atoms with E-state index in [2.05, 4.69) is 15.3 Å². The normalized spacial score (nSPS) is 12.7. The molecule has 1 amide bonds. The third-order valence-electron chi connectivity index (χ3n) is 5.01. The van der Waals surface area contributed by atoms with Crippen molar-refractivity contribution in [1.82, 2.24) is 9.97 Å². The van der Waals surface area contributed by atoms with E-state index < -0.39 is 18.5 Å². The van der Waals surface area contributed by atoms with Crippen LogP contribution < -0.4 is 5.32 Å². The molecule has 0 unspecified atom stereocenters. The second kappa shape index (κ2) is 9.18. The maximum Gasteiger partial charge on any atom is 0.359 e. The van der Waals surface area contributed by atoms with Gasteiger partial charge in [-0.1, -0.05) is 30.3 Å². The lowest BCUT2D eigenvalue weighted by molar-refractivity contribution is -0.119. The van der Waals surface area contributed by atoms with Crippen molar-refractivity contribution in [3.63, 3.8) is 0 Å². The number of rotatable bonds is 6. The van der Waals surface area contributed by atoms with Gasteiger partial charge in [0.1, 0.15) is 5.00 Å². The van der Waals surface area contributed by atoms with E-state index in [0.29, 0.717) is 21.8 Å². The van der Waals surface area contributed by atoms with Gasteiger partial charge < -0.3 is 10.1 Å². The van der Waals surface area contributed by atoms with E-state index in [-0.39, 0.29) is 11.5 Å². The minimum absolute atomic E-state index is 0.0323. The fraction of sp³-hybridized carbons (Fsp3) is 0.261. The number of fused-ring (bicyclic) bond motifs is 1. The van der Waals surface area contributed by atoms with E-state index in [9.17, 15) is 14.4 Å². The monoisotopic (exact) mass is 435 g/mol. The lowest BCUT2D eigenvalue weighted by Gasteiger charge is -2.12. The van der Waals surface area contributed by atoms with E-state index in [1.165, 1.54) is 23.7 Å². The maximum atomic E-state index is 13.2. The Kier molecular flexibility index (Phi) is 6.18. The predicted octanol–water partition coefficient (Wildman–Crippen LogP) is 3.75. The molecule has 0 bridgehead atoms. The third-order valence-corrected chi connectivity index (χ3v) is 6.22. The second-order valence-electron chi connectivity index (χ2n) is 7.28. The van der Waals surface area contributed by atoms with Gasteiger partial charge in [-0.3, -0.25) is 14.6 Å². The Morgan fingerprint density at radius 3 is 2.58 bits per heavy atom. The summed E-state index contributed by atoms with van der Waals surface area (Å²) in [5, 5.41) is 3.29. The van der Waals surface area contributed by atoms with Crippen LogP contribution in [0.4, 0.5) is 5.00 Å². The van der Waals surface area contributed by atoms with E-state index >= 15 is 0 Å². The van der Waals surface area contributed by atoms with Crippen LogP contribution in [-0.4, -0.2) is 34.2 Å². The second-order valence-corrected chi connectivity index (χ2v) is 8.38. The quantitative estimate of drug-likeness (QED) is 0.468. The molecule has 0 aliphatic heterocycles. The number of amides is 1. The Morgan fingerprint density at radius 2 is 1.84 bits per heavy atom. The fourth-order valence-corrected chi connectivity index (χ4v) is 4.80. The number of nitrogens with one attached hydrogen (secondary N) is 1. The zero-order valence-corrected chi connectivity index (χ0v) is 17.8. The van der Waals surface area contributed by atoms with Crippen LogP contribution in [0.5, 0.6) is 0 Å². The SMILES string of the molecule is Cc1cnc(C(=O)OCC(=O)Nc2sc3c(c2C(=O)c2ccccc2)CCCC3)cn1. The molecule has 4 rings (SSSR count). The van der Waals surface area contributed by atoms with Crippen molar-refractivity contribution < 1.29 is 19.1 Å². The Labute approximate surface area is 183 Å². The Morgan fingerprint density at radius 1 is 1.06 bits per heavy atom. The number of hydrogen-bond acceptors (Lipinski definition) is 7. The van der Waals surface area contributed by atoms with Gasteiger partial charge in [0.15, 0.2) is 18.1 Å². The van der Waals surface area contributed by atoms with E-state index in [1.54, 1.807) is 19.1 Å². The average molecular weight is 436 g/mol. The molecule has 7 nitrogen and oxygen atoms in total. The highest BCUT2D eigenvalue weighted by molar-refractivity contribution is 7.17. The number of aryl methyl sites for hydroxylation is 2. The number of carbonyl (C=O) groups excluding carboxylic acids is 3. The van der Waals surface area contributed by atoms with Crippen LogP contribution in [0.3, 0.4) is 0 Å². The Bertz CT molecular complexity index is 1120. The number of carbonyl (C=O) groups is 3. The number of benzene rings is 1. The van der Waals surface area contributed by atoms with Crippen molar-refractivity contribution in [2.45, 2.75) is 32.6 Å². The predicted molar refractivity (Wildman–Crippen MR) is 117 cm³/mol. The lowest BCUT2D eigenvalue weighted by Crippen LogP contribution is -2.22. The Hall–Kier alpha value is -3.39. The highest BCUT2D eigenvalue weighted by Crippen LogP contribution is 2.39. The highest BCUT2D eigenvalue weighted by atomic mass is 32.1. The van der Waals surface area contributed by atoms with Gasteiger partial charge in [0.25, 0.3) is 5.91 Å². The number of anilines is 1. The number of hydrogen-bond donors (Lipinski definition) is 1. The lowest BCUT2D eigenvalue weighted by atomic mass is 9.92. The summed E-state index contributed by atoms with van der Waals surface area (Å²) in [5.41, 5.74) is 2.85. The van der Waals surface area contributed by atoms with Gasteiger partial charge in [0.05, 0.1) is 17.5 Å². The van der Waals surface area contributed by atoms with Crippen molar-refractivity contribution in [1.29, 1.82) is 0 Å². The highest BCUT2D eigenvalue weighted by Gasteiger charge is 2.27. The summed E-state index contributed by atoms with van der Waals surface area (Å²) in [7, 11) is 0. The van der Waals surface area contributed by atoms with Gasteiger partial charge in [-0.15, -0.1) is 11.3 Å². The van der Waals surface area contributed by atoms with Crippen molar-refractivity contribution in [3.8, 4) is 0 Å². The van der Waals surface area contributed by atoms with Gasteiger partial charge in [0, 0.05) is 16.6 Å². The Balaban J connectivity index is 1.50. The van der Waals surface area contributed by atoms with E-state index in [1.807, 2.05) is 18.2 Å². The molecule has 0 saturated heterocycles. The molecule has 0 spiro atoms. The van der Waals surface area contributed by atoms with Crippen molar-refractivity contribution >= 4 is 34.0 Å². The molecule has 2 heterocycles. The molecule has 31 heavy (non-hydrogen) atoms. The first-order valence-corrected chi connectivity index (χ1v) is 10.8. The molecule has 1 N–H and O–H groups in total. The van der Waals surface area contributed by atoms with Crippen LogP contribution >= 0.6 is 11.3 Å². The molecule has 158 valence electrons. The van der Waals surface area contributed by atoms with Crippen LogP contribution in [0.15, 0.2) is 42.7 Å². The zero-order chi connectivity index (χ0) is 21.8. The van der Waals surface area contributed by atoms with Crippen molar-refractivity contribution in [2.75, 3.05) is 11.9 Å². The minimum Gasteiger partial charge on any atom is -0.451 e. The number of nitrogens with zero attached hydrogens (tertiary/aromatic N) is 2. The first-order valence-electron chi connectivity index (χ1n) is 10.0. The molecular formula is C23H21N3O4S. The molecule has 0 radical (unpaired) electrons. The molecule has 0 saturated carbocycles. The van der Waals surface area contributed by atoms with Gasteiger partial charge >= 0.3 is 5.97 Å². The number of thiophene rings is 1.